The highest BCUT2D eigenvalue weighted by Gasteiger charge is 2.25. The molecule has 15 heavy (non-hydrogen) atoms. The maximum atomic E-state index is 10.4. The minimum atomic E-state index is -0.881. The Morgan fingerprint density at radius 2 is 1.73 bits per heavy atom. The molecule has 2 rings (SSSR count). The summed E-state index contributed by atoms with van der Waals surface area (Å²) in [6.07, 6.45) is 0. The monoisotopic (exact) mass is 218 g/mol. The second kappa shape index (κ2) is 3.80. The fraction of sp³-hybridized carbons (Fsp3) is 0.231. The SMILES string of the molecule is Cc1ccc(C(C)(O)c2ccsc2)cc1. The van der Waals surface area contributed by atoms with Gasteiger partial charge in [-0.05, 0) is 41.8 Å². The summed E-state index contributed by atoms with van der Waals surface area (Å²) >= 11 is 1.60. The van der Waals surface area contributed by atoms with Gasteiger partial charge in [-0.2, -0.15) is 11.3 Å². The molecular weight excluding hydrogens is 204 g/mol. The van der Waals surface area contributed by atoms with Gasteiger partial charge in [0.25, 0.3) is 0 Å². The van der Waals surface area contributed by atoms with Crippen LogP contribution in [0.3, 0.4) is 0 Å². The van der Waals surface area contributed by atoms with Crippen LogP contribution < -0.4 is 0 Å². The van der Waals surface area contributed by atoms with Crippen LogP contribution in [0.1, 0.15) is 23.6 Å². The second-order valence-corrected chi connectivity index (χ2v) is 4.73. The van der Waals surface area contributed by atoms with E-state index in [0.717, 1.165) is 11.1 Å². The molecule has 2 heteroatoms. The van der Waals surface area contributed by atoms with Gasteiger partial charge in [-0.15, -0.1) is 0 Å². The molecule has 78 valence electrons. The van der Waals surface area contributed by atoms with Crippen molar-refractivity contribution in [3.05, 3.63) is 57.8 Å². The lowest BCUT2D eigenvalue weighted by Gasteiger charge is -2.23. The van der Waals surface area contributed by atoms with E-state index >= 15 is 0 Å². The Morgan fingerprint density at radius 3 is 2.27 bits per heavy atom. The normalized spacial score (nSPS) is 14.9. The molecule has 0 spiro atoms. The zero-order valence-corrected chi connectivity index (χ0v) is 9.71. The van der Waals surface area contributed by atoms with Crippen LogP contribution in [-0.2, 0) is 5.60 Å². The van der Waals surface area contributed by atoms with E-state index in [-0.39, 0.29) is 0 Å². The third kappa shape index (κ3) is 1.96. The molecule has 1 atom stereocenters. The minimum Gasteiger partial charge on any atom is -0.381 e. The largest absolute Gasteiger partial charge is 0.381 e. The Morgan fingerprint density at radius 1 is 1.07 bits per heavy atom. The maximum Gasteiger partial charge on any atom is 0.113 e. The van der Waals surface area contributed by atoms with Gasteiger partial charge >= 0.3 is 0 Å². The Balaban J connectivity index is 2.41. The van der Waals surface area contributed by atoms with Crippen LogP contribution in [0.2, 0.25) is 0 Å². The Bertz CT molecular complexity index is 426. The van der Waals surface area contributed by atoms with Crippen molar-refractivity contribution < 1.29 is 5.11 Å². The molecular formula is C13H14OS. The molecule has 0 aliphatic heterocycles. The molecule has 0 bridgehead atoms. The van der Waals surface area contributed by atoms with Crippen molar-refractivity contribution in [1.29, 1.82) is 0 Å². The van der Waals surface area contributed by atoms with Crippen molar-refractivity contribution >= 4 is 11.3 Å². The molecule has 0 saturated heterocycles. The van der Waals surface area contributed by atoms with Crippen LogP contribution in [0.15, 0.2) is 41.1 Å². The van der Waals surface area contributed by atoms with Gasteiger partial charge in [0, 0.05) is 0 Å². The van der Waals surface area contributed by atoms with Crippen LogP contribution in [0, 0.1) is 6.92 Å². The first-order valence-corrected chi connectivity index (χ1v) is 5.87. The van der Waals surface area contributed by atoms with E-state index < -0.39 is 5.60 Å². The van der Waals surface area contributed by atoms with Gasteiger partial charge in [-0.3, -0.25) is 0 Å². The van der Waals surface area contributed by atoms with Crippen molar-refractivity contribution in [1.82, 2.24) is 0 Å². The van der Waals surface area contributed by atoms with Crippen LogP contribution in [0.25, 0.3) is 0 Å². The zero-order chi connectivity index (χ0) is 10.9. The summed E-state index contributed by atoms with van der Waals surface area (Å²) in [5.74, 6) is 0. The standard InChI is InChI=1S/C13H14OS/c1-10-3-5-11(6-4-10)13(2,14)12-7-8-15-9-12/h3-9,14H,1-2H3. The fourth-order valence-electron chi connectivity index (χ4n) is 1.59. The maximum absolute atomic E-state index is 10.4. The van der Waals surface area contributed by atoms with Gasteiger partial charge in [0.15, 0.2) is 0 Å². The summed E-state index contributed by atoms with van der Waals surface area (Å²) in [6.45, 7) is 3.88. The van der Waals surface area contributed by atoms with Crippen LogP contribution in [-0.4, -0.2) is 5.11 Å². The molecule has 1 unspecified atom stereocenters. The van der Waals surface area contributed by atoms with E-state index in [9.17, 15) is 5.11 Å². The third-order valence-corrected chi connectivity index (χ3v) is 3.38. The Kier molecular flexibility index (Phi) is 2.63. The van der Waals surface area contributed by atoms with E-state index in [2.05, 4.69) is 0 Å². The molecule has 1 nitrogen and oxygen atoms in total. The number of thiophene rings is 1. The summed E-state index contributed by atoms with van der Waals surface area (Å²) in [6, 6.07) is 9.97. The highest BCUT2D eigenvalue weighted by atomic mass is 32.1. The molecule has 0 radical (unpaired) electrons. The van der Waals surface area contributed by atoms with Gasteiger partial charge < -0.3 is 5.11 Å². The average Bonchev–Trinajstić information content (AvgIpc) is 2.71. The molecule has 1 aromatic heterocycles. The molecule has 2 aromatic rings. The summed E-state index contributed by atoms with van der Waals surface area (Å²) in [4.78, 5) is 0. The van der Waals surface area contributed by atoms with Crippen molar-refractivity contribution in [3.8, 4) is 0 Å². The van der Waals surface area contributed by atoms with Gasteiger partial charge in [-0.25, -0.2) is 0 Å². The minimum absolute atomic E-state index is 0.881. The fourth-order valence-corrected chi connectivity index (χ4v) is 2.34. The number of hydrogen-bond donors (Lipinski definition) is 1. The summed E-state index contributed by atoms with van der Waals surface area (Å²) < 4.78 is 0. The zero-order valence-electron chi connectivity index (χ0n) is 8.90. The van der Waals surface area contributed by atoms with Crippen LogP contribution >= 0.6 is 11.3 Å². The molecule has 1 N–H and O–H groups in total. The first kappa shape index (κ1) is 10.4. The second-order valence-electron chi connectivity index (χ2n) is 3.95. The smallest absolute Gasteiger partial charge is 0.113 e. The lowest BCUT2D eigenvalue weighted by atomic mass is 9.90. The number of aryl methyl sites for hydroxylation is 1. The van der Waals surface area contributed by atoms with E-state index in [1.807, 2.05) is 54.9 Å². The molecule has 0 aliphatic rings. The number of hydrogen-bond acceptors (Lipinski definition) is 2. The summed E-state index contributed by atoms with van der Waals surface area (Å²) in [5, 5.41) is 14.4. The predicted octanol–water partition coefficient (Wildman–Crippen LogP) is 3.31. The molecule has 0 aliphatic carbocycles. The van der Waals surface area contributed by atoms with Crippen LogP contribution in [0.4, 0.5) is 0 Å². The highest BCUT2D eigenvalue weighted by Crippen LogP contribution is 2.30. The number of benzene rings is 1. The predicted molar refractivity (Wildman–Crippen MR) is 64.2 cm³/mol. The molecule has 0 fully saturated rings. The van der Waals surface area contributed by atoms with E-state index in [1.165, 1.54) is 5.56 Å². The lowest BCUT2D eigenvalue weighted by molar-refractivity contribution is 0.103. The molecule has 0 amide bonds. The number of aliphatic hydroxyl groups is 1. The molecule has 0 saturated carbocycles. The van der Waals surface area contributed by atoms with Crippen molar-refractivity contribution in [2.75, 3.05) is 0 Å². The van der Waals surface area contributed by atoms with Crippen molar-refractivity contribution in [2.45, 2.75) is 19.4 Å². The summed E-state index contributed by atoms with van der Waals surface area (Å²) in [5.41, 5.74) is 2.22. The van der Waals surface area contributed by atoms with E-state index in [1.54, 1.807) is 11.3 Å². The van der Waals surface area contributed by atoms with E-state index in [4.69, 9.17) is 0 Å². The number of rotatable bonds is 2. The molecule has 1 aromatic carbocycles. The average molecular weight is 218 g/mol. The van der Waals surface area contributed by atoms with Gasteiger partial charge in [0.05, 0.1) is 0 Å². The Hall–Kier alpha value is -1.12. The van der Waals surface area contributed by atoms with Crippen molar-refractivity contribution in [2.24, 2.45) is 0 Å². The quantitative estimate of drug-likeness (QED) is 0.820. The lowest BCUT2D eigenvalue weighted by Crippen LogP contribution is -2.21. The topological polar surface area (TPSA) is 20.2 Å². The third-order valence-electron chi connectivity index (χ3n) is 2.70. The van der Waals surface area contributed by atoms with E-state index in [0.29, 0.717) is 0 Å². The van der Waals surface area contributed by atoms with Gasteiger partial charge in [-0.1, -0.05) is 29.8 Å². The molecule has 1 heterocycles. The van der Waals surface area contributed by atoms with Crippen molar-refractivity contribution in [3.63, 3.8) is 0 Å². The van der Waals surface area contributed by atoms with Gasteiger partial charge in [0.2, 0.25) is 0 Å². The highest BCUT2D eigenvalue weighted by molar-refractivity contribution is 7.08. The van der Waals surface area contributed by atoms with Crippen LogP contribution in [0.5, 0.6) is 0 Å². The first-order valence-electron chi connectivity index (χ1n) is 4.93. The summed E-state index contributed by atoms with van der Waals surface area (Å²) in [7, 11) is 0. The Labute approximate surface area is 94.0 Å². The first-order chi connectivity index (χ1) is 7.10. The van der Waals surface area contributed by atoms with Gasteiger partial charge in [0.1, 0.15) is 5.60 Å².